The average Bonchev–Trinajstić information content (AvgIpc) is 0.867. The minimum absolute atomic E-state index is 0. The van der Waals surface area contributed by atoms with Gasteiger partial charge in [-0.1, -0.05) is 137 Å². The maximum Gasteiger partial charge on any atom is 1.00 e. The zero-order chi connectivity index (χ0) is 93.3. The number of aldehydes is 2. The number of hydrogen-bond donors (Lipinski definition) is 2. The summed E-state index contributed by atoms with van der Waals surface area (Å²) in [6, 6.07) is 0. The van der Waals surface area contributed by atoms with Gasteiger partial charge in [-0.05, 0) is 416 Å². The summed E-state index contributed by atoms with van der Waals surface area (Å²) in [6.45, 7) is 31.1. The molecule has 10 rings (SSSR count). The van der Waals surface area contributed by atoms with Crippen molar-refractivity contribution in [2.75, 3.05) is 72.5 Å². The van der Waals surface area contributed by atoms with Gasteiger partial charge < -0.3 is 54.5 Å². The number of halogens is 1. The molecule has 0 saturated heterocycles. The molecule has 750 valence electrons. The van der Waals surface area contributed by atoms with Crippen molar-refractivity contribution in [1.29, 1.82) is 0 Å². The van der Waals surface area contributed by atoms with E-state index in [9.17, 15) is 43.2 Å². The van der Waals surface area contributed by atoms with Crippen LogP contribution < -0.4 is 18.9 Å². The Morgan fingerprint density at radius 1 is 0.321 bits per heavy atom. The van der Waals surface area contributed by atoms with E-state index >= 15 is 0 Å². The maximum absolute atomic E-state index is 11.5. The summed E-state index contributed by atoms with van der Waals surface area (Å²) < 4.78 is 30.1. The second-order valence-electron chi connectivity index (χ2n) is 39.5. The number of nitrogens with zero attached hydrogens (tertiary/aromatic N) is 1. The Bertz CT molecular complexity index is 2830. The molecule has 0 aromatic heterocycles. The summed E-state index contributed by atoms with van der Waals surface area (Å²) in [5.74, 6) is 14.4. The van der Waals surface area contributed by atoms with Crippen LogP contribution >= 0.6 is 11.6 Å². The van der Waals surface area contributed by atoms with Crippen molar-refractivity contribution in [1.82, 2.24) is 4.90 Å². The molecule has 10 aliphatic carbocycles. The number of aliphatic hydroxyl groups is 2. The second kappa shape index (κ2) is 78.7. The Balaban J connectivity index is 0.00000157. The number of rotatable bonds is 41. The van der Waals surface area contributed by atoms with Crippen LogP contribution in [0.3, 0.4) is 0 Å². The van der Waals surface area contributed by atoms with Crippen LogP contribution in [-0.2, 0) is 71.6 Å². The van der Waals surface area contributed by atoms with Gasteiger partial charge in [0, 0.05) is 62.2 Å². The Labute approximate surface area is 826 Å². The van der Waals surface area contributed by atoms with E-state index in [-0.39, 0.29) is 80.9 Å². The molecule has 0 aliphatic heterocycles. The molecule has 131 heavy (non-hydrogen) atoms. The molecule has 18 nitrogen and oxygen atoms in total. The fourth-order valence-corrected chi connectivity index (χ4v) is 23.4. The van der Waals surface area contributed by atoms with Gasteiger partial charge in [-0.2, -0.15) is 0 Å². The molecule has 2 N–H and O–H groups in total. The summed E-state index contributed by atoms with van der Waals surface area (Å²) in [5.41, 5.74) is 0. The number of allylic oxidation sites excluding steroid dienone is 3. The monoisotopic (exact) mass is 1870 g/mol. The topological polar surface area (TPSA) is 253 Å². The summed E-state index contributed by atoms with van der Waals surface area (Å²) in [5, 5.41) is 17.3. The van der Waals surface area contributed by atoms with Gasteiger partial charge in [0.05, 0.1) is 39.6 Å². The van der Waals surface area contributed by atoms with E-state index in [1.165, 1.54) is 289 Å². The Kier molecular flexibility index (Phi) is 75.0. The standard InChI is InChI=1S/C24H38O4.C22H38O4.C22H34O4.C18H34O2.C14H22O2.C6H15N.C3H3ClO.CH4.Al.Li.4H/c1-3-23(25)27-17-5-7-19-9-13-21(14-10-19)22-15-11-20(12-16-22)8-6-18-28-24(26)4-2;2*1-3-25-21(23)15-9-17-5-11-19(12-6-17)20-13-7-18(8-14-20)10-16-22(24)26-4-2;19-13-1-3-15-5-9-17(10-6-15)18-11-7-16(8-12-18)4-2-14-20;15-9-11-1-5-13(6-2-11)14-7-3-12(10-16)4-8-14;1-4-7(5-2)6-3;1-2-3(4)5;;;;;;;/h3-4,19-22H,1-2,5-18H2;17-20H,3-16H2,1-2H3;9-10,15-20H,3-8,11-14H2,1-2H3;15-20H,1-14H2;9-14H,1-8H2;4-6H2,1-3H3;2H,1H2;1H4;;;;;;/q;;;;;;;;;+1;;;;-1/b;;15-9+,16-10+;;;;;;;;;;;. The summed E-state index contributed by atoms with van der Waals surface area (Å²) in [7, 11) is 0. The minimum Gasteiger partial charge on any atom is -1.00 e. The smallest absolute Gasteiger partial charge is 1.00 e. The number of esters is 6. The zero-order valence-corrected chi connectivity index (χ0v) is 83.5. The van der Waals surface area contributed by atoms with Gasteiger partial charge in [-0.15, -0.1) is 0 Å². The first-order chi connectivity index (χ1) is 62.1. The van der Waals surface area contributed by atoms with Gasteiger partial charge in [-0.3, -0.25) is 14.4 Å². The second-order valence-corrected chi connectivity index (χ2v) is 39.8. The van der Waals surface area contributed by atoms with Crippen molar-refractivity contribution in [3.05, 3.63) is 62.3 Å². The van der Waals surface area contributed by atoms with Crippen LogP contribution in [0, 0.1) is 118 Å². The van der Waals surface area contributed by atoms with Gasteiger partial charge in [0.1, 0.15) is 12.6 Å². The van der Waals surface area contributed by atoms with Crippen molar-refractivity contribution in [2.45, 2.75) is 390 Å². The van der Waals surface area contributed by atoms with E-state index in [1.54, 1.807) is 12.2 Å². The summed E-state index contributed by atoms with van der Waals surface area (Å²) in [6.07, 6.45) is 77.1. The largest absolute Gasteiger partial charge is 1.00 e. The Hall–Kier alpha value is -4.17. The molecule has 21 heteroatoms. The molecular formula is C110H192AlClLiNO17. The summed E-state index contributed by atoms with van der Waals surface area (Å²) >= 11 is 4.71. The molecule has 0 radical (unpaired) electrons. The van der Waals surface area contributed by atoms with E-state index < -0.39 is 5.24 Å². The van der Waals surface area contributed by atoms with Crippen LogP contribution in [0.25, 0.3) is 0 Å². The first kappa shape index (κ1) is 125. The third-order valence-corrected chi connectivity index (χ3v) is 31.6. The molecule has 0 aromatic carbocycles. The van der Waals surface area contributed by atoms with Crippen molar-refractivity contribution in [2.24, 2.45) is 118 Å². The number of aliphatic hydroxyl groups excluding tert-OH is 2. The number of ether oxygens (including phenoxy) is 6. The molecule has 10 fully saturated rings. The Morgan fingerprint density at radius 3 is 0.725 bits per heavy atom. The molecule has 0 atom stereocenters. The molecule has 0 bridgehead atoms. The maximum atomic E-state index is 11.5. The van der Waals surface area contributed by atoms with Crippen LogP contribution in [0.4, 0.5) is 0 Å². The van der Waals surface area contributed by atoms with Crippen LogP contribution in [-0.4, -0.2) is 159 Å². The first-order valence-electron chi connectivity index (χ1n) is 52.4. The number of carbonyl (C=O) groups excluding carboxylic acids is 9. The zero-order valence-electron chi connectivity index (χ0n) is 83.8. The predicted octanol–water partition coefficient (Wildman–Crippen LogP) is 21.7. The van der Waals surface area contributed by atoms with Crippen molar-refractivity contribution < 1.29 is 102 Å². The van der Waals surface area contributed by atoms with Crippen LogP contribution in [0.15, 0.2) is 62.3 Å². The molecule has 10 aliphatic rings. The van der Waals surface area contributed by atoms with Gasteiger partial charge >= 0.3 is 54.7 Å². The van der Waals surface area contributed by atoms with Gasteiger partial charge in [0.15, 0.2) is 17.4 Å². The molecule has 0 unspecified atom stereocenters. The molecular weight excluding hydrogens is 1680 g/mol. The van der Waals surface area contributed by atoms with Crippen LogP contribution in [0.5, 0.6) is 0 Å². The van der Waals surface area contributed by atoms with E-state index in [0.29, 0.717) is 89.4 Å². The van der Waals surface area contributed by atoms with Crippen molar-refractivity contribution in [3.63, 3.8) is 0 Å². The normalized spacial score (nSPS) is 28.7. The fraction of sp³-hybridized carbons (Fsp3) is 0.827. The molecule has 10 saturated carbocycles. The third kappa shape index (κ3) is 55.9. The molecule has 0 aromatic rings. The SMILES string of the molecule is C.C=CC(=O)Cl.C=CC(=O)OCCCC1CCC(C2CCC(CCCOC(=O)C=C)CC2)CC1.CCN(CC)CC.CCOC(=O)/C=C/C1CCC(C2CCC(/C=C/C(=O)OCC)CC2)CC1.CCOC(=O)CCC1CCC(C2CCC(CCC(=O)OCC)CC2)CC1.O=CC1CCC(C2CCC(C=O)CC2)CC1.OCCCC1CCC(C2CCC(CCCO)CC2)CC1.[AlH3].[H-].[Li+]. The van der Waals surface area contributed by atoms with Gasteiger partial charge in [0.2, 0.25) is 5.24 Å². The van der Waals surface area contributed by atoms with E-state index in [4.69, 9.17) is 50.2 Å². The van der Waals surface area contributed by atoms with E-state index in [2.05, 4.69) is 45.4 Å². The average molecular weight is 1870 g/mol. The summed E-state index contributed by atoms with van der Waals surface area (Å²) in [4.78, 5) is 101. The molecule has 0 spiro atoms. The molecule has 0 amide bonds. The first-order valence-corrected chi connectivity index (χ1v) is 52.8. The number of carbonyl (C=O) groups is 9. The fourth-order valence-electron chi connectivity index (χ4n) is 23.4. The Morgan fingerprint density at radius 2 is 0.534 bits per heavy atom. The minimum atomic E-state index is -0.509. The van der Waals surface area contributed by atoms with E-state index in [1.807, 2.05) is 39.8 Å². The number of hydrogen-bond acceptors (Lipinski definition) is 18. The van der Waals surface area contributed by atoms with E-state index in [0.717, 1.165) is 178 Å². The third-order valence-electron chi connectivity index (χ3n) is 31.4. The van der Waals surface area contributed by atoms with Crippen molar-refractivity contribution in [3.8, 4) is 0 Å². The van der Waals surface area contributed by atoms with Gasteiger partial charge in [0.25, 0.3) is 0 Å². The molecule has 0 heterocycles. The predicted molar refractivity (Wildman–Crippen MR) is 536 cm³/mol. The van der Waals surface area contributed by atoms with Gasteiger partial charge in [-0.25, -0.2) is 19.2 Å². The van der Waals surface area contributed by atoms with Crippen LogP contribution in [0.2, 0.25) is 0 Å². The quantitative estimate of drug-likeness (QED) is 0.0110. The van der Waals surface area contributed by atoms with Crippen molar-refractivity contribution >= 4 is 82.6 Å². The van der Waals surface area contributed by atoms with Crippen LogP contribution in [0.1, 0.15) is 391 Å².